The Kier molecular flexibility index (Phi) is 5.22. The molecule has 24 heavy (non-hydrogen) atoms. The minimum atomic E-state index is 0.176. The standard InChI is InChI=1S/C20H20N2OS/c1-22(19-11-10-17-4-2-3-5-18(17)19)20(23)14-24-13-16-8-6-15(12-21)7-9-16/h2-9,19H,10-11,13-14H2,1H3/t19-/m1/s1. The van der Waals surface area contributed by atoms with Crippen LogP contribution in [-0.2, 0) is 17.0 Å². The van der Waals surface area contributed by atoms with Gasteiger partial charge in [-0.2, -0.15) is 5.26 Å². The van der Waals surface area contributed by atoms with Crippen molar-refractivity contribution in [2.45, 2.75) is 24.6 Å². The van der Waals surface area contributed by atoms with Gasteiger partial charge in [0.2, 0.25) is 5.91 Å². The van der Waals surface area contributed by atoms with Crippen LogP contribution in [0.15, 0.2) is 48.5 Å². The van der Waals surface area contributed by atoms with Crippen molar-refractivity contribution in [3.63, 3.8) is 0 Å². The number of thioether (sulfide) groups is 1. The summed E-state index contributed by atoms with van der Waals surface area (Å²) in [7, 11) is 1.91. The summed E-state index contributed by atoms with van der Waals surface area (Å²) in [5.41, 5.74) is 4.47. The predicted octanol–water partition coefficient (Wildman–Crippen LogP) is 3.94. The summed E-state index contributed by atoms with van der Waals surface area (Å²) < 4.78 is 0. The van der Waals surface area contributed by atoms with Gasteiger partial charge in [0.15, 0.2) is 0 Å². The molecule has 0 spiro atoms. The summed E-state index contributed by atoms with van der Waals surface area (Å²) in [5, 5.41) is 8.81. The van der Waals surface area contributed by atoms with Crippen molar-refractivity contribution in [3.8, 4) is 6.07 Å². The SMILES string of the molecule is CN(C(=O)CSCc1ccc(C#N)cc1)[C@@H]1CCc2ccccc21. The first kappa shape index (κ1) is 16.6. The van der Waals surface area contributed by atoms with E-state index in [1.165, 1.54) is 11.1 Å². The molecule has 1 aliphatic rings. The third-order valence-corrected chi connectivity index (χ3v) is 5.53. The highest BCUT2D eigenvalue weighted by Crippen LogP contribution is 2.35. The number of carbonyl (C=O) groups is 1. The van der Waals surface area contributed by atoms with Crippen LogP contribution in [0.5, 0.6) is 0 Å². The number of hydrogen-bond donors (Lipinski definition) is 0. The molecule has 0 fully saturated rings. The molecule has 0 saturated heterocycles. The molecular formula is C20H20N2OS. The molecule has 122 valence electrons. The fourth-order valence-corrected chi connectivity index (χ4v) is 4.05. The molecule has 0 aromatic heterocycles. The molecule has 2 aromatic rings. The van der Waals surface area contributed by atoms with Crippen LogP contribution in [0.2, 0.25) is 0 Å². The van der Waals surface area contributed by atoms with Crippen molar-refractivity contribution in [2.75, 3.05) is 12.8 Å². The van der Waals surface area contributed by atoms with E-state index >= 15 is 0 Å². The third-order valence-electron chi connectivity index (χ3n) is 4.54. The van der Waals surface area contributed by atoms with Gasteiger partial charge in [0.05, 0.1) is 23.4 Å². The fraction of sp³-hybridized carbons (Fsp3) is 0.300. The first-order valence-corrected chi connectivity index (χ1v) is 9.25. The second kappa shape index (κ2) is 7.55. The van der Waals surface area contributed by atoms with Crippen LogP contribution in [0.1, 0.15) is 34.7 Å². The van der Waals surface area contributed by atoms with Crippen molar-refractivity contribution in [1.29, 1.82) is 5.26 Å². The van der Waals surface area contributed by atoms with Crippen LogP contribution in [0.4, 0.5) is 0 Å². The van der Waals surface area contributed by atoms with Gasteiger partial charge in [-0.1, -0.05) is 36.4 Å². The number of nitriles is 1. The average Bonchev–Trinajstić information content (AvgIpc) is 3.05. The lowest BCUT2D eigenvalue weighted by atomic mass is 10.1. The fourth-order valence-electron chi connectivity index (χ4n) is 3.14. The zero-order chi connectivity index (χ0) is 16.9. The third kappa shape index (κ3) is 3.63. The van der Waals surface area contributed by atoms with E-state index in [-0.39, 0.29) is 11.9 Å². The Bertz CT molecular complexity index is 764. The average molecular weight is 336 g/mol. The first-order valence-electron chi connectivity index (χ1n) is 8.09. The minimum absolute atomic E-state index is 0.176. The van der Waals surface area contributed by atoms with E-state index in [2.05, 4.69) is 30.3 Å². The molecular weight excluding hydrogens is 316 g/mol. The van der Waals surface area contributed by atoms with Gasteiger partial charge in [0.25, 0.3) is 0 Å². The number of amides is 1. The van der Waals surface area contributed by atoms with E-state index in [0.717, 1.165) is 24.2 Å². The molecule has 1 atom stereocenters. The van der Waals surface area contributed by atoms with Crippen molar-refractivity contribution in [3.05, 3.63) is 70.8 Å². The monoisotopic (exact) mass is 336 g/mol. The highest BCUT2D eigenvalue weighted by atomic mass is 32.2. The quantitative estimate of drug-likeness (QED) is 0.831. The Hall–Kier alpha value is -2.25. The van der Waals surface area contributed by atoms with Crippen LogP contribution in [-0.4, -0.2) is 23.6 Å². The molecule has 0 radical (unpaired) electrons. The van der Waals surface area contributed by atoms with Gasteiger partial charge >= 0.3 is 0 Å². The number of aryl methyl sites for hydroxylation is 1. The molecule has 4 heteroatoms. The van der Waals surface area contributed by atoms with E-state index in [1.807, 2.05) is 36.2 Å². The highest BCUT2D eigenvalue weighted by Gasteiger charge is 2.27. The Morgan fingerprint density at radius 1 is 1.25 bits per heavy atom. The number of carbonyl (C=O) groups excluding carboxylic acids is 1. The van der Waals surface area contributed by atoms with Crippen molar-refractivity contribution >= 4 is 17.7 Å². The smallest absolute Gasteiger partial charge is 0.232 e. The lowest BCUT2D eigenvalue weighted by molar-refractivity contribution is -0.129. The summed E-state index contributed by atoms with van der Waals surface area (Å²) in [4.78, 5) is 14.4. The van der Waals surface area contributed by atoms with E-state index in [1.54, 1.807) is 11.8 Å². The molecule has 1 aliphatic carbocycles. The molecule has 3 rings (SSSR count). The van der Waals surface area contributed by atoms with Gasteiger partial charge < -0.3 is 4.90 Å². The van der Waals surface area contributed by atoms with E-state index < -0.39 is 0 Å². The molecule has 1 amide bonds. The second-order valence-electron chi connectivity index (χ2n) is 6.06. The zero-order valence-corrected chi connectivity index (χ0v) is 14.6. The normalized spacial score (nSPS) is 15.6. The Balaban J connectivity index is 1.53. The maximum Gasteiger partial charge on any atom is 0.232 e. The van der Waals surface area contributed by atoms with Gasteiger partial charge in [-0.05, 0) is 41.7 Å². The summed E-state index contributed by atoms with van der Waals surface area (Å²) in [5.74, 6) is 1.44. The Morgan fingerprint density at radius 2 is 2.00 bits per heavy atom. The van der Waals surface area contributed by atoms with Gasteiger partial charge in [0.1, 0.15) is 0 Å². The van der Waals surface area contributed by atoms with Gasteiger partial charge in [-0.15, -0.1) is 11.8 Å². The largest absolute Gasteiger partial charge is 0.338 e. The zero-order valence-electron chi connectivity index (χ0n) is 13.7. The molecule has 0 saturated carbocycles. The maximum atomic E-state index is 12.5. The summed E-state index contributed by atoms with van der Waals surface area (Å²) in [6, 6.07) is 18.3. The first-order chi connectivity index (χ1) is 11.7. The van der Waals surface area contributed by atoms with E-state index in [9.17, 15) is 4.79 Å². The van der Waals surface area contributed by atoms with Crippen molar-refractivity contribution in [2.24, 2.45) is 0 Å². The van der Waals surface area contributed by atoms with Crippen LogP contribution in [0.3, 0.4) is 0 Å². The predicted molar refractivity (Wildman–Crippen MR) is 97.6 cm³/mol. The lowest BCUT2D eigenvalue weighted by Gasteiger charge is -2.25. The van der Waals surface area contributed by atoms with Gasteiger partial charge in [-0.3, -0.25) is 4.79 Å². The van der Waals surface area contributed by atoms with Crippen molar-refractivity contribution in [1.82, 2.24) is 4.90 Å². The Morgan fingerprint density at radius 3 is 2.75 bits per heavy atom. The molecule has 0 unspecified atom stereocenters. The summed E-state index contributed by atoms with van der Waals surface area (Å²) >= 11 is 1.62. The lowest BCUT2D eigenvalue weighted by Crippen LogP contribution is -2.31. The number of nitrogens with zero attached hydrogens (tertiary/aromatic N) is 2. The highest BCUT2D eigenvalue weighted by molar-refractivity contribution is 7.99. The van der Waals surface area contributed by atoms with E-state index in [4.69, 9.17) is 5.26 Å². The van der Waals surface area contributed by atoms with Crippen LogP contribution >= 0.6 is 11.8 Å². The second-order valence-corrected chi connectivity index (χ2v) is 7.05. The summed E-state index contributed by atoms with van der Waals surface area (Å²) in [6.07, 6.45) is 2.07. The van der Waals surface area contributed by atoms with Crippen molar-refractivity contribution < 1.29 is 4.79 Å². The molecule has 0 bridgehead atoms. The van der Waals surface area contributed by atoms with Crippen LogP contribution in [0.25, 0.3) is 0 Å². The number of benzene rings is 2. The Labute approximate surface area is 147 Å². The van der Waals surface area contributed by atoms with Crippen LogP contribution in [0, 0.1) is 11.3 Å². The molecule has 0 aliphatic heterocycles. The topological polar surface area (TPSA) is 44.1 Å². The van der Waals surface area contributed by atoms with Gasteiger partial charge in [0, 0.05) is 12.8 Å². The molecule has 2 aromatic carbocycles. The van der Waals surface area contributed by atoms with E-state index in [0.29, 0.717) is 11.3 Å². The number of fused-ring (bicyclic) bond motifs is 1. The van der Waals surface area contributed by atoms with Gasteiger partial charge in [-0.25, -0.2) is 0 Å². The number of hydrogen-bond acceptors (Lipinski definition) is 3. The summed E-state index contributed by atoms with van der Waals surface area (Å²) in [6.45, 7) is 0. The molecule has 3 nitrogen and oxygen atoms in total. The molecule has 0 heterocycles. The minimum Gasteiger partial charge on any atom is -0.338 e. The number of rotatable bonds is 5. The molecule has 0 N–H and O–H groups in total. The maximum absolute atomic E-state index is 12.5. The van der Waals surface area contributed by atoms with Crippen LogP contribution < -0.4 is 0 Å².